The predicted octanol–water partition coefficient (Wildman–Crippen LogP) is 0.00900. The molecule has 0 fully saturated rings. The Hall–Kier alpha value is -2.31. The van der Waals surface area contributed by atoms with E-state index in [0.29, 0.717) is 18.8 Å². The number of hydrogen-bond acceptors (Lipinski definition) is 5. The Labute approximate surface area is 90.8 Å². The molecule has 2 aromatic rings. The van der Waals surface area contributed by atoms with E-state index in [9.17, 15) is 4.79 Å². The fourth-order valence-corrected chi connectivity index (χ4v) is 1.20. The molecule has 0 aliphatic rings. The molecule has 0 spiro atoms. The molecule has 0 amide bonds. The molecule has 0 aliphatic carbocycles. The zero-order chi connectivity index (χ0) is 11.4. The highest BCUT2D eigenvalue weighted by molar-refractivity contribution is 5.85. The summed E-state index contributed by atoms with van der Waals surface area (Å²) < 4.78 is 1.64. The van der Waals surface area contributed by atoms with E-state index in [-0.39, 0.29) is 5.69 Å². The summed E-state index contributed by atoms with van der Waals surface area (Å²) in [6.07, 6.45) is 4.98. The zero-order valence-corrected chi connectivity index (χ0v) is 8.32. The Morgan fingerprint density at radius 1 is 1.50 bits per heavy atom. The number of carboxylic acids is 1. The highest BCUT2D eigenvalue weighted by Crippen LogP contribution is 1.98. The van der Waals surface area contributed by atoms with Crippen molar-refractivity contribution in [1.29, 1.82) is 0 Å². The summed E-state index contributed by atoms with van der Waals surface area (Å²) in [4.78, 5) is 22.4. The fraction of sp³-hybridized carbons (Fsp3) is 0.222. The van der Waals surface area contributed by atoms with Crippen molar-refractivity contribution in [2.45, 2.75) is 13.0 Å². The predicted molar refractivity (Wildman–Crippen MR) is 52.7 cm³/mol. The summed E-state index contributed by atoms with van der Waals surface area (Å²) in [6, 6.07) is 1.36. The van der Waals surface area contributed by atoms with E-state index in [2.05, 4.69) is 20.1 Å². The van der Waals surface area contributed by atoms with Gasteiger partial charge in [0.1, 0.15) is 18.5 Å². The third kappa shape index (κ3) is 2.38. The lowest BCUT2D eigenvalue weighted by Gasteiger charge is -2.00. The molecule has 0 aliphatic heterocycles. The molecule has 0 bridgehead atoms. The van der Waals surface area contributed by atoms with Crippen LogP contribution in [0.5, 0.6) is 0 Å². The van der Waals surface area contributed by atoms with Crippen LogP contribution in [0.4, 0.5) is 0 Å². The van der Waals surface area contributed by atoms with E-state index >= 15 is 0 Å². The van der Waals surface area contributed by atoms with Crippen LogP contribution >= 0.6 is 0 Å². The van der Waals surface area contributed by atoms with E-state index < -0.39 is 5.97 Å². The van der Waals surface area contributed by atoms with Crippen molar-refractivity contribution in [2.75, 3.05) is 0 Å². The van der Waals surface area contributed by atoms with Crippen LogP contribution in [0, 0.1) is 0 Å². The van der Waals surface area contributed by atoms with Gasteiger partial charge >= 0.3 is 5.97 Å². The monoisotopic (exact) mass is 219 g/mol. The van der Waals surface area contributed by atoms with Crippen molar-refractivity contribution < 1.29 is 9.90 Å². The third-order valence-electron chi connectivity index (χ3n) is 1.96. The van der Waals surface area contributed by atoms with Crippen molar-refractivity contribution in [3.63, 3.8) is 0 Å². The van der Waals surface area contributed by atoms with Gasteiger partial charge in [0.25, 0.3) is 0 Å². The van der Waals surface area contributed by atoms with Gasteiger partial charge in [-0.05, 0) is 6.07 Å². The molecule has 2 heterocycles. The molecular weight excluding hydrogens is 210 g/mol. The first-order valence-electron chi connectivity index (χ1n) is 4.63. The molecule has 1 N–H and O–H groups in total. The molecule has 0 saturated heterocycles. The number of aromatic carboxylic acids is 1. The van der Waals surface area contributed by atoms with Crippen LogP contribution in [0.3, 0.4) is 0 Å². The van der Waals surface area contributed by atoms with Gasteiger partial charge in [-0.2, -0.15) is 5.10 Å². The van der Waals surface area contributed by atoms with Crippen LogP contribution in [0.1, 0.15) is 16.3 Å². The van der Waals surface area contributed by atoms with Crippen molar-refractivity contribution >= 4 is 5.97 Å². The highest BCUT2D eigenvalue weighted by Gasteiger charge is 2.06. The standard InChI is InChI=1S/C9H9N5O2/c15-9(16)7-1-3-11-8(13-7)2-4-14-6-10-5-12-14/h1,3,5-6H,2,4H2,(H,15,16). The molecule has 0 unspecified atom stereocenters. The Morgan fingerprint density at radius 2 is 2.38 bits per heavy atom. The quantitative estimate of drug-likeness (QED) is 0.778. The van der Waals surface area contributed by atoms with Gasteiger partial charge in [0.2, 0.25) is 0 Å². The molecule has 2 rings (SSSR count). The number of carboxylic acid groups (broad SMARTS) is 1. The summed E-state index contributed by atoms with van der Waals surface area (Å²) in [5.41, 5.74) is 0.00332. The minimum Gasteiger partial charge on any atom is -0.477 e. The second-order valence-electron chi connectivity index (χ2n) is 3.07. The second kappa shape index (κ2) is 4.47. The maximum Gasteiger partial charge on any atom is 0.354 e. The Balaban J connectivity index is 2.04. The van der Waals surface area contributed by atoms with Gasteiger partial charge in [0.05, 0.1) is 0 Å². The van der Waals surface area contributed by atoms with Gasteiger partial charge in [0.15, 0.2) is 5.69 Å². The van der Waals surface area contributed by atoms with Crippen molar-refractivity contribution in [3.8, 4) is 0 Å². The summed E-state index contributed by atoms with van der Waals surface area (Å²) in [5, 5.41) is 12.7. The maximum absolute atomic E-state index is 10.7. The normalized spacial score (nSPS) is 10.2. The number of nitrogens with zero attached hydrogens (tertiary/aromatic N) is 5. The first-order chi connectivity index (χ1) is 7.75. The van der Waals surface area contributed by atoms with Gasteiger partial charge < -0.3 is 5.11 Å². The number of rotatable bonds is 4. The molecular formula is C9H9N5O2. The minimum atomic E-state index is -1.05. The maximum atomic E-state index is 10.7. The molecule has 7 heteroatoms. The number of carbonyl (C=O) groups is 1. The number of aromatic nitrogens is 5. The van der Waals surface area contributed by atoms with Crippen LogP contribution in [0.25, 0.3) is 0 Å². The topological polar surface area (TPSA) is 93.8 Å². The largest absolute Gasteiger partial charge is 0.477 e. The first-order valence-corrected chi connectivity index (χ1v) is 4.63. The zero-order valence-electron chi connectivity index (χ0n) is 8.32. The SMILES string of the molecule is O=C(O)c1ccnc(CCn2cncn2)n1. The number of aryl methyl sites for hydroxylation is 2. The minimum absolute atomic E-state index is 0.00332. The lowest BCUT2D eigenvalue weighted by molar-refractivity contribution is 0.0690. The van der Waals surface area contributed by atoms with E-state index in [1.54, 1.807) is 11.0 Å². The van der Waals surface area contributed by atoms with Gasteiger partial charge in [-0.15, -0.1) is 0 Å². The molecule has 2 aromatic heterocycles. The molecule has 16 heavy (non-hydrogen) atoms. The van der Waals surface area contributed by atoms with Crippen LogP contribution in [-0.2, 0) is 13.0 Å². The van der Waals surface area contributed by atoms with Crippen molar-refractivity contribution in [3.05, 3.63) is 36.4 Å². The summed E-state index contributed by atoms with van der Waals surface area (Å²) in [5.74, 6) is -0.570. The smallest absolute Gasteiger partial charge is 0.354 e. The molecule has 0 atom stereocenters. The van der Waals surface area contributed by atoms with Crippen molar-refractivity contribution in [2.24, 2.45) is 0 Å². The molecule has 0 saturated carbocycles. The van der Waals surface area contributed by atoms with E-state index in [0.717, 1.165) is 0 Å². The molecule has 7 nitrogen and oxygen atoms in total. The van der Waals surface area contributed by atoms with E-state index in [1.165, 1.54) is 18.6 Å². The van der Waals surface area contributed by atoms with Gasteiger partial charge in [-0.1, -0.05) is 0 Å². The van der Waals surface area contributed by atoms with Crippen LogP contribution < -0.4 is 0 Å². The van der Waals surface area contributed by atoms with Crippen LogP contribution in [0.2, 0.25) is 0 Å². The number of hydrogen-bond donors (Lipinski definition) is 1. The van der Waals surface area contributed by atoms with Gasteiger partial charge in [-0.25, -0.2) is 19.7 Å². The van der Waals surface area contributed by atoms with Crippen molar-refractivity contribution in [1.82, 2.24) is 24.7 Å². The average molecular weight is 219 g/mol. The van der Waals surface area contributed by atoms with Crippen LogP contribution in [0.15, 0.2) is 24.9 Å². The fourth-order valence-electron chi connectivity index (χ4n) is 1.20. The third-order valence-corrected chi connectivity index (χ3v) is 1.96. The highest BCUT2D eigenvalue weighted by atomic mass is 16.4. The first kappa shape index (κ1) is 10.2. The lowest BCUT2D eigenvalue weighted by Crippen LogP contribution is -2.08. The summed E-state index contributed by atoms with van der Waals surface area (Å²) >= 11 is 0. The average Bonchev–Trinajstić information content (AvgIpc) is 2.79. The Morgan fingerprint density at radius 3 is 3.06 bits per heavy atom. The van der Waals surface area contributed by atoms with Crippen LogP contribution in [-0.4, -0.2) is 35.8 Å². The van der Waals surface area contributed by atoms with Gasteiger partial charge in [-0.3, -0.25) is 4.68 Å². The second-order valence-corrected chi connectivity index (χ2v) is 3.07. The lowest BCUT2D eigenvalue weighted by atomic mass is 10.3. The van der Waals surface area contributed by atoms with E-state index in [1.807, 2.05) is 0 Å². The molecule has 0 radical (unpaired) electrons. The molecule has 82 valence electrons. The van der Waals surface area contributed by atoms with Gasteiger partial charge in [0, 0.05) is 19.2 Å². The summed E-state index contributed by atoms with van der Waals surface area (Å²) in [6.45, 7) is 0.572. The molecule has 0 aromatic carbocycles. The Bertz CT molecular complexity index is 482. The van der Waals surface area contributed by atoms with E-state index in [4.69, 9.17) is 5.11 Å². The summed E-state index contributed by atoms with van der Waals surface area (Å²) in [7, 11) is 0. The Kier molecular flexibility index (Phi) is 2.86.